The van der Waals surface area contributed by atoms with Crippen LogP contribution in [0.15, 0.2) is 70.7 Å². The SMILES string of the molecule is C=C/C(Cl)=C\C=C(/C/C=C(\C)CN/C(C=O)=C/C=C(/C#N)N(C)C)NC=O. The van der Waals surface area contributed by atoms with Crippen LogP contribution in [0.25, 0.3) is 0 Å². The molecule has 7 heteroatoms. The summed E-state index contributed by atoms with van der Waals surface area (Å²) in [6.07, 6.45) is 11.7. The van der Waals surface area contributed by atoms with Crippen molar-refractivity contribution < 1.29 is 9.59 Å². The van der Waals surface area contributed by atoms with E-state index in [1.54, 1.807) is 43.3 Å². The van der Waals surface area contributed by atoms with Crippen LogP contribution in [-0.2, 0) is 9.59 Å². The van der Waals surface area contributed by atoms with Gasteiger partial charge in [-0.15, -0.1) is 0 Å². The fourth-order valence-corrected chi connectivity index (χ4v) is 1.75. The number of hydrogen-bond acceptors (Lipinski definition) is 5. The van der Waals surface area contributed by atoms with Gasteiger partial charge in [-0.25, -0.2) is 0 Å². The third-order valence-electron chi connectivity index (χ3n) is 3.27. The lowest BCUT2D eigenvalue weighted by Crippen LogP contribution is -2.17. The van der Waals surface area contributed by atoms with Crippen molar-refractivity contribution in [3.05, 3.63) is 70.7 Å². The van der Waals surface area contributed by atoms with Gasteiger partial charge in [0.2, 0.25) is 6.41 Å². The molecule has 0 spiro atoms. The van der Waals surface area contributed by atoms with E-state index in [0.717, 1.165) is 5.57 Å². The van der Waals surface area contributed by atoms with Gasteiger partial charge in [-0.05, 0) is 31.2 Å². The largest absolute Gasteiger partial charge is 0.379 e. The summed E-state index contributed by atoms with van der Waals surface area (Å²) < 4.78 is 0. The molecule has 0 aromatic rings. The normalized spacial score (nSPS) is 13.5. The minimum Gasteiger partial charge on any atom is -0.379 e. The van der Waals surface area contributed by atoms with Crippen molar-refractivity contribution in [2.75, 3.05) is 20.6 Å². The number of amides is 1. The molecule has 0 fully saturated rings. The minimum atomic E-state index is 0.361. The first-order valence-corrected chi connectivity index (χ1v) is 8.48. The molecule has 0 aliphatic carbocycles. The maximum Gasteiger partial charge on any atom is 0.211 e. The topological polar surface area (TPSA) is 85.2 Å². The second-order valence-corrected chi connectivity index (χ2v) is 6.05. The van der Waals surface area contributed by atoms with Gasteiger partial charge in [-0.1, -0.05) is 35.9 Å². The van der Waals surface area contributed by atoms with Crippen molar-refractivity contribution in [3.8, 4) is 6.07 Å². The van der Waals surface area contributed by atoms with Gasteiger partial charge < -0.3 is 15.5 Å². The summed E-state index contributed by atoms with van der Waals surface area (Å²) in [5, 5.41) is 15.1. The van der Waals surface area contributed by atoms with Crippen LogP contribution in [0.4, 0.5) is 0 Å². The van der Waals surface area contributed by atoms with Crippen LogP contribution < -0.4 is 10.6 Å². The first-order valence-electron chi connectivity index (χ1n) is 8.11. The Morgan fingerprint density at radius 1 is 1.22 bits per heavy atom. The summed E-state index contributed by atoms with van der Waals surface area (Å²) in [5.41, 5.74) is 2.43. The lowest BCUT2D eigenvalue weighted by atomic mass is 10.2. The Morgan fingerprint density at radius 2 is 1.93 bits per heavy atom. The molecule has 1 amide bonds. The van der Waals surface area contributed by atoms with E-state index in [1.807, 2.05) is 19.1 Å². The van der Waals surface area contributed by atoms with Crippen LogP contribution in [0.2, 0.25) is 0 Å². The highest BCUT2D eigenvalue weighted by molar-refractivity contribution is 6.31. The summed E-state index contributed by atoms with van der Waals surface area (Å²) in [7, 11) is 3.50. The molecule has 0 bridgehead atoms. The maximum absolute atomic E-state index is 11.2. The molecule has 6 nitrogen and oxygen atoms in total. The molecule has 0 aromatic carbocycles. The van der Waals surface area contributed by atoms with Gasteiger partial charge >= 0.3 is 0 Å². The van der Waals surface area contributed by atoms with Crippen molar-refractivity contribution in [2.24, 2.45) is 0 Å². The van der Waals surface area contributed by atoms with Crippen molar-refractivity contribution >= 4 is 24.3 Å². The molecule has 0 heterocycles. The number of rotatable bonds is 12. The predicted octanol–water partition coefficient (Wildman–Crippen LogP) is 2.90. The van der Waals surface area contributed by atoms with E-state index in [0.29, 0.717) is 47.8 Å². The van der Waals surface area contributed by atoms with Crippen LogP contribution in [0, 0.1) is 11.3 Å². The second kappa shape index (κ2) is 14.2. The minimum absolute atomic E-state index is 0.361. The average Bonchev–Trinajstić information content (AvgIpc) is 2.66. The van der Waals surface area contributed by atoms with Gasteiger partial charge in [0.15, 0.2) is 6.29 Å². The number of allylic oxidation sites excluding steroid dienone is 9. The number of carbonyl (C=O) groups excluding carboxylic acids is 2. The van der Waals surface area contributed by atoms with Gasteiger partial charge in [0.1, 0.15) is 11.8 Å². The first kappa shape index (κ1) is 24.0. The van der Waals surface area contributed by atoms with Gasteiger partial charge in [0.25, 0.3) is 0 Å². The molecule has 0 aromatic heterocycles. The maximum atomic E-state index is 11.2. The molecule has 144 valence electrons. The van der Waals surface area contributed by atoms with E-state index in [-0.39, 0.29) is 0 Å². The summed E-state index contributed by atoms with van der Waals surface area (Å²) in [6.45, 7) is 5.89. The molecule has 0 radical (unpaired) electrons. The van der Waals surface area contributed by atoms with Gasteiger partial charge in [0, 0.05) is 37.8 Å². The molecule has 0 saturated carbocycles. The lowest BCUT2D eigenvalue weighted by Gasteiger charge is -2.09. The van der Waals surface area contributed by atoms with Crippen LogP contribution in [-0.4, -0.2) is 38.2 Å². The zero-order valence-electron chi connectivity index (χ0n) is 15.8. The molecule has 0 aliphatic rings. The van der Waals surface area contributed by atoms with Crippen LogP contribution >= 0.6 is 11.6 Å². The van der Waals surface area contributed by atoms with Crippen molar-refractivity contribution in [1.82, 2.24) is 15.5 Å². The number of carbonyl (C=O) groups is 2. The molecule has 2 N–H and O–H groups in total. The molecule has 0 saturated heterocycles. The number of nitriles is 1. The number of aldehydes is 1. The van der Waals surface area contributed by atoms with E-state index in [1.165, 1.54) is 6.08 Å². The number of halogens is 1. The monoisotopic (exact) mass is 388 g/mol. The van der Waals surface area contributed by atoms with Gasteiger partial charge in [0.05, 0.1) is 5.70 Å². The smallest absolute Gasteiger partial charge is 0.211 e. The van der Waals surface area contributed by atoms with Gasteiger partial charge in [-0.3, -0.25) is 9.59 Å². The summed E-state index contributed by atoms with van der Waals surface area (Å²) in [6, 6.07) is 2.04. The third-order valence-corrected chi connectivity index (χ3v) is 3.55. The van der Waals surface area contributed by atoms with E-state index in [9.17, 15) is 9.59 Å². The van der Waals surface area contributed by atoms with Crippen LogP contribution in [0.5, 0.6) is 0 Å². The molecule has 0 aliphatic heterocycles. The summed E-state index contributed by atoms with van der Waals surface area (Å²) in [4.78, 5) is 23.5. The molecule has 0 atom stereocenters. The summed E-state index contributed by atoms with van der Waals surface area (Å²) in [5.74, 6) is 0. The zero-order chi connectivity index (χ0) is 20.7. The summed E-state index contributed by atoms with van der Waals surface area (Å²) >= 11 is 5.84. The highest BCUT2D eigenvalue weighted by atomic mass is 35.5. The standard InChI is InChI=1S/C20H25ClN4O2/c1-5-17(21)7-9-18(24-15-27)8-6-16(2)13-23-19(14-26)10-11-20(12-22)25(3)4/h5-7,9-11,14-15,23H,1,8,13H2,2-4H3,(H,24,27)/b16-6+,17-7+,18-9+,19-10+,20-11-. The van der Waals surface area contributed by atoms with Crippen LogP contribution in [0.3, 0.4) is 0 Å². The lowest BCUT2D eigenvalue weighted by molar-refractivity contribution is -0.109. The quantitative estimate of drug-likeness (QED) is 0.176. The Balaban J connectivity index is 4.97. The van der Waals surface area contributed by atoms with Crippen molar-refractivity contribution in [3.63, 3.8) is 0 Å². The Kier molecular flexibility index (Phi) is 12.6. The molecular weight excluding hydrogens is 364 g/mol. The van der Waals surface area contributed by atoms with E-state index < -0.39 is 0 Å². The Morgan fingerprint density at radius 3 is 2.44 bits per heavy atom. The third kappa shape index (κ3) is 11.2. The molecule has 0 unspecified atom stereocenters. The fraction of sp³-hybridized carbons (Fsp3) is 0.250. The van der Waals surface area contributed by atoms with Crippen molar-refractivity contribution in [2.45, 2.75) is 13.3 Å². The fourth-order valence-electron chi connectivity index (χ4n) is 1.69. The number of hydrogen-bond donors (Lipinski definition) is 2. The molecular formula is C20H25ClN4O2. The Labute approximate surface area is 165 Å². The molecule has 0 rings (SSSR count). The Bertz CT molecular complexity index is 723. The van der Waals surface area contributed by atoms with Gasteiger partial charge in [-0.2, -0.15) is 5.26 Å². The van der Waals surface area contributed by atoms with E-state index in [4.69, 9.17) is 16.9 Å². The first-order chi connectivity index (χ1) is 12.9. The molecule has 27 heavy (non-hydrogen) atoms. The van der Waals surface area contributed by atoms with Crippen LogP contribution in [0.1, 0.15) is 13.3 Å². The number of nitrogens with zero attached hydrogens (tertiary/aromatic N) is 2. The predicted molar refractivity (Wildman–Crippen MR) is 109 cm³/mol. The average molecular weight is 389 g/mol. The van der Waals surface area contributed by atoms with Crippen molar-refractivity contribution in [1.29, 1.82) is 5.26 Å². The second-order valence-electron chi connectivity index (χ2n) is 5.62. The van der Waals surface area contributed by atoms with E-state index in [2.05, 4.69) is 17.2 Å². The zero-order valence-corrected chi connectivity index (χ0v) is 16.6. The highest BCUT2D eigenvalue weighted by Gasteiger charge is 1.99. The highest BCUT2D eigenvalue weighted by Crippen LogP contribution is 2.07. The Hall–Kier alpha value is -3.04. The number of nitrogens with one attached hydrogen (secondary N) is 2. The van der Waals surface area contributed by atoms with E-state index >= 15 is 0 Å².